The Balaban J connectivity index is 0.00000156. The zero-order valence-electron chi connectivity index (χ0n) is 13.7. The van der Waals surface area contributed by atoms with Crippen molar-refractivity contribution in [2.75, 3.05) is 26.2 Å². The Labute approximate surface area is 159 Å². The van der Waals surface area contributed by atoms with Gasteiger partial charge in [-0.2, -0.15) is 5.26 Å². The van der Waals surface area contributed by atoms with E-state index in [4.69, 9.17) is 5.26 Å². The summed E-state index contributed by atoms with van der Waals surface area (Å²) in [4.78, 5) is 12.8. The highest BCUT2D eigenvalue weighted by Crippen LogP contribution is 2.44. The number of rotatable bonds is 5. The highest BCUT2D eigenvalue weighted by molar-refractivity contribution is 5.85. The van der Waals surface area contributed by atoms with E-state index in [-0.39, 0.29) is 47.9 Å². The van der Waals surface area contributed by atoms with Crippen LogP contribution in [0.3, 0.4) is 0 Å². The third-order valence-corrected chi connectivity index (χ3v) is 4.65. The van der Waals surface area contributed by atoms with Crippen LogP contribution in [0.25, 0.3) is 0 Å². The van der Waals surface area contributed by atoms with Gasteiger partial charge >= 0.3 is 5.69 Å². The Bertz CT molecular complexity index is 656. The van der Waals surface area contributed by atoms with Crippen molar-refractivity contribution in [1.29, 1.82) is 5.26 Å². The predicted molar refractivity (Wildman–Crippen MR) is 98.5 cm³/mol. The molecule has 1 aliphatic carbocycles. The van der Waals surface area contributed by atoms with Crippen LogP contribution in [0.4, 0.5) is 5.69 Å². The smallest absolute Gasteiger partial charge is 0.312 e. The van der Waals surface area contributed by atoms with Crippen molar-refractivity contribution in [2.24, 2.45) is 5.92 Å². The first-order valence-electron chi connectivity index (χ1n) is 7.96. The maximum atomic E-state index is 11.2. The van der Waals surface area contributed by atoms with Gasteiger partial charge in [0.15, 0.2) is 5.75 Å². The Morgan fingerprint density at radius 3 is 2.52 bits per heavy atom. The van der Waals surface area contributed by atoms with Crippen molar-refractivity contribution in [1.82, 2.24) is 10.2 Å². The second-order valence-electron chi connectivity index (χ2n) is 6.28. The molecule has 1 aromatic rings. The summed E-state index contributed by atoms with van der Waals surface area (Å²) in [6.07, 6.45) is 3.21. The molecule has 0 aromatic heterocycles. The summed E-state index contributed by atoms with van der Waals surface area (Å²) in [7, 11) is 0. The van der Waals surface area contributed by atoms with Crippen molar-refractivity contribution in [3.8, 4) is 11.8 Å². The number of aromatic hydroxyl groups is 1. The molecule has 1 saturated carbocycles. The van der Waals surface area contributed by atoms with E-state index in [1.807, 2.05) is 6.07 Å². The number of halogens is 2. The fourth-order valence-electron chi connectivity index (χ4n) is 3.23. The summed E-state index contributed by atoms with van der Waals surface area (Å²) >= 11 is 0. The summed E-state index contributed by atoms with van der Waals surface area (Å²) in [5.74, 6) is 0.317. The van der Waals surface area contributed by atoms with Crippen LogP contribution >= 0.6 is 24.8 Å². The third-order valence-electron chi connectivity index (χ3n) is 4.65. The molecule has 1 atom stereocenters. The molecule has 1 aromatic carbocycles. The second-order valence-corrected chi connectivity index (χ2v) is 6.28. The van der Waals surface area contributed by atoms with E-state index in [2.05, 4.69) is 10.2 Å². The minimum absolute atomic E-state index is 0. The Morgan fingerprint density at radius 2 is 2.00 bits per heavy atom. The number of phenolic OH excluding ortho intramolecular Hbond substituents is 1. The van der Waals surface area contributed by atoms with E-state index in [0.717, 1.165) is 38.7 Å². The molecule has 1 heterocycles. The molecule has 0 radical (unpaired) electrons. The molecule has 9 heteroatoms. The summed E-state index contributed by atoms with van der Waals surface area (Å²) in [5, 5.41) is 34.1. The van der Waals surface area contributed by atoms with E-state index in [1.54, 1.807) is 6.07 Å². The van der Waals surface area contributed by atoms with Crippen molar-refractivity contribution in [2.45, 2.75) is 25.3 Å². The largest absolute Gasteiger partial charge is 0.502 e. The lowest BCUT2D eigenvalue weighted by atomic mass is 9.95. The Kier molecular flexibility index (Phi) is 7.90. The standard InChI is InChI=1S/C16H20N4O3.2ClH/c17-10-12-7-13(16(21)15(9-12)20(22)23)14(8-11-1-2-11)19-5-3-18-4-6-19;;/h7,9,11,14,18,21H,1-6,8H2;2*1H/t14-;;/m1../s1. The average molecular weight is 389 g/mol. The van der Waals surface area contributed by atoms with Gasteiger partial charge in [0.1, 0.15) is 0 Å². The second kappa shape index (κ2) is 9.20. The molecular formula is C16H22Cl2N4O3. The molecule has 2 aliphatic rings. The van der Waals surface area contributed by atoms with E-state index in [0.29, 0.717) is 11.5 Å². The van der Waals surface area contributed by atoms with Gasteiger partial charge in [-0.25, -0.2) is 0 Å². The van der Waals surface area contributed by atoms with Gasteiger partial charge < -0.3 is 10.4 Å². The number of nitro benzene ring substituents is 1. The lowest BCUT2D eigenvalue weighted by Gasteiger charge is -2.35. The van der Waals surface area contributed by atoms with Gasteiger partial charge in [0.25, 0.3) is 0 Å². The first kappa shape index (κ1) is 21.5. The fourth-order valence-corrected chi connectivity index (χ4v) is 3.23. The van der Waals surface area contributed by atoms with E-state index >= 15 is 0 Å². The first-order valence-corrected chi connectivity index (χ1v) is 7.96. The van der Waals surface area contributed by atoms with Crippen molar-refractivity contribution in [3.63, 3.8) is 0 Å². The molecule has 3 rings (SSSR count). The van der Waals surface area contributed by atoms with Crippen LogP contribution in [-0.4, -0.2) is 41.1 Å². The minimum Gasteiger partial charge on any atom is -0.502 e. The van der Waals surface area contributed by atoms with Crippen LogP contribution in [0.15, 0.2) is 12.1 Å². The lowest BCUT2D eigenvalue weighted by Crippen LogP contribution is -2.45. The van der Waals surface area contributed by atoms with E-state index < -0.39 is 4.92 Å². The molecule has 0 bridgehead atoms. The lowest BCUT2D eigenvalue weighted by molar-refractivity contribution is -0.386. The van der Waals surface area contributed by atoms with Gasteiger partial charge in [-0.15, -0.1) is 24.8 Å². The molecule has 0 spiro atoms. The number of nitriles is 1. The van der Waals surface area contributed by atoms with Crippen LogP contribution < -0.4 is 5.32 Å². The summed E-state index contributed by atoms with van der Waals surface area (Å²) in [6, 6.07) is 4.65. The molecule has 1 aliphatic heterocycles. The van der Waals surface area contributed by atoms with E-state index in [9.17, 15) is 15.2 Å². The number of nitrogens with one attached hydrogen (secondary N) is 1. The van der Waals surface area contributed by atoms with Gasteiger partial charge in [0, 0.05) is 43.9 Å². The number of phenols is 1. The summed E-state index contributed by atoms with van der Waals surface area (Å²) in [6.45, 7) is 3.40. The average Bonchev–Trinajstić information content (AvgIpc) is 3.38. The quantitative estimate of drug-likeness (QED) is 0.593. The molecule has 0 amide bonds. The Morgan fingerprint density at radius 1 is 1.36 bits per heavy atom. The van der Waals surface area contributed by atoms with Crippen LogP contribution in [0.5, 0.6) is 5.75 Å². The van der Waals surface area contributed by atoms with Gasteiger partial charge in [-0.05, 0) is 18.4 Å². The van der Waals surface area contributed by atoms with Crippen molar-refractivity contribution < 1.29 is 10.0 Å². The molecule has 138 valence electrons. The van der Waals surface area contributed by atoms with Crippen molar-refractivity contribution in [3.05, 3.63) is 33.4 Å². The van der Waals surface area contributed by atoms with Crippen LogP contribution in [0.1, 0.15) is 36.4 Å². The SMILES string of the molecule is Cl.Cl.N#Cc1cc([C@@H](CC2CC2)N2CCNCC2)c(O)c([N+](=O)[O-])c1. The predicted octanol–water partition coefficient (Wildman–Crippen LogP) is 2.76. The molecule has 0 unspecified atom stereocenters. The number of nitro groups is 1. The molecule has 2 fully saturated rings. The van der Waals surface area contributed by atoms with Gasteiger partial charge in [-0.1, -0.05) is 12.8 Å². The van der Waals surface area contributed by atoms with Crippen LogP contribution in [0.2, 0.25) is 0 Å². The topological polar surface area (TPSA) is 102 Å². The number of hydrogen-bond donors (Lipinski definition) is 2. The fraction of sp³-hybridized carbons (Fsp3) is 0.562. The normalized spacial score (nSPS) is 18.4. The summed E-state index contributed by atoms with van der Waals surface area (Å²) < 4.78 is 0. The minimum atomic E-state index is -0.619. The third kappa shape index (κ3) is 4.95. The highest BCUT2D eigenvalue weighted by Gasteiger charge is 2.34. The number of nitrogens with zero attached hydrogens (tertiary/aromatic N) is 3. The van der Waals surface area contributed by atoms with Gasteiger partial charge in [0.05, 0.1) is 16.6 Å². The van der Waals surface area contributed by atoms with Gasteiger partial charge in [0.2, 0.25) is 0 Å². The summed E-state index contributed by atoms with van der Waals surface area (Å²) in [5.41, 5.74) is 0.361. The maximum Gasteiger partial charge on any atom is 0.312 e. The number of piperazine rings is 1. The highest BCUT2D eigenvalue weighted by atomic mass is 35.5. The van der Waals surface area contributed by atoms with Crippen LogP contribution in [0, 0.1) is 27.4 Å². The molecule has 7 nitrogen and oxygen atoms in total. The van der Waals surface area contributed by atoms with Crippen molar-refractivity contribution >= 4 is 30.5 Å². The number of hydrogen-bond acceptors (Lipinski definition) is 6. The zero-order valence-corrected chi connectivity index (χ0v) is 15.3. The van der Waals surface area contributed by atoms with E-state index in [1.165, 1.54) is 12.8 Å². The van der Waals surface area contributed by atoms with Gasteiger partial charge in [-0.3, -0.25) is 15.0 Å². The maximum absolute atomic E-state index is 11.2. The molecule has 1 saturated heterocycles. The molecule has 25 heavy (non-hydrogen) atoms. The zero-order chi connectivity index (χ0) is 16.4. The van der Waals surface area contributed by atoms with Crippen LogP contribution in [-0.2, 0) is 0 Å². The Hall–Kier alpha value is -1.59. The first-order chi connectivity index (χ1) is 11.1. The molecule has 2 N–H and O–H groups in total. The number of benzene rings is 1. The monoisotopic (exact) mass is 388 g/mol. The molecular weight excluding hydrogens is 367 g/mol.